The molecule has 1 aliphatic rings. The molecule has 1 saturated heterocycles. The number of nitrogens with zero attached hydrogens (tertiary/aromatic N) is 2. The quantitative estimate of drug-likeness (QED) is 0.844. The maximum atomic E-state index is 12.9. The lowest BCUT2D eigenvalue weighted by Crippen LogP contribution is -2.35. The third-order valence-electron chi connectivity index (χ3n) is 4.43. The van der Waals surface area contributed by atoms with Gasteiger partial charge in [-0.3, -0.25) is 4.79 Å². The Kier molecular flexibility index (Phi) is 3.86. The van der Waals surface area contributed by atoms with Crippen molar-refractivity contribution in [2.75, 3.05) is 6.54 Å². The van der Waals surface area contributed by atoms with Crippen molar-refractivity contribution in [3.63, 3.8) is 0 Å². The Morgan fingerprint density at radius 2 is 2.14 bits per heavy atom. The van der Waals surface area contributed by atoms with Gasteiger partial charge in [0.05, 0.1) is 17.9 Å². The van der Waals surface area contributed by atoms with Crippen molar-refractivity contribution in [2.24, 2.45) is 7.05 Å². The number of carbonyl (C=O) groups is 1. The number of hydrogen-bond acceptors (Lipinski definition) is 2. The molecule has 1 atom stereocenters. The highest BCUT2D eigenvalue weighted by atomic mass is 16.3. The summed E-state index contributed by atoms with van der Waals surface area (Å²) >= 11 is 0. The van der Waals surface area contributed by atoms with Crippen LogP contribution in [0, 0.1) is 6.92 Å². The zero-order chi connectivity index (χ0) is 14.8. The topological polar surface area (TPSA) is 38.4 Å². The molecule has 3 heterocycles. The van der Waals surface area contributed by atoms with Crippen LogP contribution in [0.3, 0.4) is 0 Å². The smallest absolute Gasteiger partial charge is 0.257 e. The van der Waals surface area contributed by atoms with Crippen molar-refractivity contribution < 1.29 is 9.21 Å². The van der Waals surface area contributed by atoms with E-state index < -0.39 is 0 Å². The zero-order valence-corrected chi connectivity index (χ0v) is 12.7. The molecule has 1 unspecified atom stereocenters. The van der Waals surface area contributed by atoms with E-state index in [1.54, 1.807) is 12.3 Å². The monoisotopic (exact) mass is 286 g/mol. The summed E-state index contributed by atoms with van der Waals surface area (Å²) in [5.41, 5.74) is 1.91. The van der Waals surface area contributed by atoms with E-state index in [1.807, 2.05) is 31.1 Å². The first-order valence-corrected chi connectivity index (χ1v) is 7.65. The summed E-state index contributed by atoms with van der Waals surface area (Å²) in [6.45, 7) is 2.67. The number of hydrogen-bond donors (Lipinski definition) is 0. The highest BCUT2D eigenvalue weighted by Gasteiger charge is 2.30. The Morgan fingerprint density at radius 3 is 2.81 bits per heavy atom. The fraction of sp³-hybridized carbons (Fsp3) is 0.471. The van der Waals surface area contributed by atoms with Crippen LogP contribution in [0.25, 0.3) is 0 Å². The zero-order valence-electron chi connectivity index (χ0n) is 12.7. The lowest BCUT2D eigenvalue weighted by molar-refractivity contribution is 0.0672. The van der Waals surface area contributed by atoms with Gasteiger partial charge in [0.15, 0.2) is 0 Å². The molecule has 4 heteroatoms. The van der Waals surface area contributed by atoms with Crippen molar-refractivity contribution in [1.82, 2.24) is 9.47 Å². The first-order valence-electron chi connectivity index (χ1n) is 7.65. The molecule has 0 N–H and O–H groups in total. The van der Waals surface area contributed by atoms with Gasteiger partial charge in [0.1, 0.15) is 5.76 Å². The molecule has 112 valence electrons. The summed E-state index contributed by atoms with van der Waals surface area (Å²) in [6, 6.07) is 6.11. The third-order valence-corrected chi connectivity index (χ3v) is 4.43. The molecule has 2 aromatic rings. The molecule has 0 spiro atoms. The Hall–Kier alpha value is -1.97. The summed E-state index contributed by atoms with van der Waals surface area (Å²) in [6.07, 6.45) is 8.10. The number of furan rings is 1. The minimum absolute atomic E-state index is 0.0920. The van der Waals surface area contributed by atoms with Gasteiger partial charge in [0, 0.05) is 25.5 Å². The molecule has 1 amide bonds. The number of carbonyl (C=O) groups excluding carboxylic acids is 1. The average Bonchev–Trinajstić information content (AvgIpc) is 3.00. The first kappa shape index (κ1) is 14.0. The SMILES string of the molecule is Cc1occc1C(=O)N1CCCCCC1c1cccn1C. The van der Waals surface area contributed by atoms with Gasteiger partial charge >= 0.3 is 0 Å². The molecule has 21 heavy (non-hydrogen) atoms. The summed E-state index contributed by atoms with van der Waals surface area (Å²) in [5, 5.41) is 0. The molecule has 0 bridgehead atoms. The molecule has 0 saturated carbocycles. The van der Waals surface area contributed by atoms with Crippen molar-refractivity contribution >= 4 is 5.91 Å². The van der Waals surface area contributed by atoms with Crippen molar-refractivity contribution in [3.05, 3.63) is 47.7 Å². The minimum atomic E-state index is 0.0920. The molecule has 1 aliphatic heterocycles. The second kappa shape index (κ2) is 5.80. The molecule has 3 rings (SSSR count). The van der Waals surface area contributed by atoms with Crippen LogP contribution < -0.4 is 0 Å². The molecule has 0 radical (unpaired) electrons. The van der Waals surface area contributed by atoms with Crippen LogP contribution in [0.5, 0.6) is 0 Å². The summed E-state index contributed by atoms with van der Waals surface area (Å²) < 4.78 is 7.43. The highest BCUT2D eigenvalue weighted by molar-refractivity contribution is 5.95. The van der Waals surface area contributed by atoms with Crippen LogP contribution in [-0.4, -0.2) is 21.9 Å². The first-order chi connectivity index (χ1) is 10.2. The molecule has 1 fully saturated rings. The molecule has 4 nitrogen and oxygen atoms in total. The van der Waals surface area contributed by atoms with Gasteiger partial charge in [0.2, 0.25) is 0 Å². The van der Waals surface area contributed by atoms with E-state index in [1.165, 1.54) is 18.5 Å². The Balaban J connectivity index is 1.94. The third kappa shape index (κ3) is 2.62. The number of aromatic nitrogens is 1. The van der Waals surface area contributed by atoms with E-state index in [2.05, 4.69) is 10.6 Å². The number of amides is 1. The largest absolute Gasteiger partial charge is 0.469 e. The number of rotatable bonds is 2. The Morgan fingerprint density at radius 1 is 1.29 bits per heavy atom. The van der Waals surface area contributed by atoms with Crippen LogP contribution in [0.15, 0.2) is 35.1 Å². The van der Waals surface area contributed by atoms with Gasteiger partial charge in [-0.25, -0.2) is 0 Å². The number of likely N-dealkylation sites (tertiary alicyclic amines) is 1. The molecular weight excluding hydrogens is 264 g/mol. The lowest BCUT2D eigenvalue weighted by atomic mass is 10.1. The predicted molar refractivity (Wildman–Crippen MR) is 81.1 cm³/mol. The fourth-order valence-electron chi connectivity index (χ4n) is 3.24. The van der Waals surface area contributed by atoms with Gasteiger partial charge in [-0.1, -0.05) is 12.8 Å². The molecule has 0 aliphatic carbocycles. The van der Waals surface area contributed by atoms with E-state index in [4.69, 9.17) is 4.42 Å². The average molecular weight is 286 g/mol. The van der Waals surface area contributed by atoms with Gasteiger partial charge in [0.25, 0.3) is 5.91 Å². The van der Waals surface area contributed by atoms with E-state index in [-0.39, 0.29) is 11.9 Å². The Bertz CT molecular complexity index is 626. The summed E-state index contributed by atoms with van der Waals surface area (Å²) in [7, 11) is 2.05. The van der Waals surface area contributed by atoms with E-state index in [0.717, 1.165) is 19.4 Å². The summed E-state index contributed by atoms with van der Waals surface area (Å²) in [4.78, 5) is 14.9. The second-order valence-corrected chi connectivity index (χ2v) is 5.80. The molecule has 2 aromatic heterocycles. The van der Waals surface area contributed by atoms with Gasteiger partial charge in [-0.05, 0) is 38.0 Å². The lowest BCUT2D eigenvalue weighted by Gasteiger charge is -2.30. The summed E-state index contributed by atoms with van der Waals surface area (Å²) in [5.74, 6) is 0.796. The normalized spacial score (nSPS) is 19.5. The van der Waals surface area contributed by atoms with Gasteiger partial charge in [-0.15, -0.1) is 0 Å². The van der Waals surface area contributed by atoms with Crippen LogP contribution >= 0.6 is 0 Å². The second-order valence-electron chi connectivity index (χ2n) is 5.80. The van der Waals surface area contributed by atoms with Crippen LogP contribution in [0.2, 0.25) is 0 Å². The van der Waals surface area contributed by atoms with Gasteiger partial charge in [-0.2, -0.15) is 0 Å². The molecular formula is C17H22N2O2. The predicted octanol–water partition coefficient (Wildman–Crippen LogP) is 3.68. The van der Waals surface area contributed by atoms with Crippen molar-refractivity contribution in [2.45, 2.75) is 38.6 Å². The van der Waals surface area contributed by atoms with E-state index in [0.29, 0.717) is 11.3 Å². The highest BCUT2D eigenvalue weighted by Crippen LogP contribution is 2.31. The van der Waals surface area contributed by atoms with Gasteiger partial charge < -0.3 is 13.9 Å². The van der Waals surface area contributed by atoms with Crippen LogP contribution in [0.1, 0.15) is 53.5 Å². The minimum Gasteiger partial charge on any atom is -0.469 e. The Labute approximate surface area is 125 Å². The maximum Gasteiger partial charge on any atom is 0.257 e. The number of aryl methyl sites for hydroxylation is 2. The van der Waals surface area contributed by atoms with Crippen LogP contribution in [-0.2, 0) is 7.05 Å². The van der Waals surface area contributed by atoms with Crippen molar-refractivity contribution in [1.29, 1.82) is 0 Å². The van der Waals surface area contributed by atoms with Crippen LogP contribution in [0.4, 0.5) is 0 Å². The fourth-order valence-corrected chi connectivity index (χ4v) is 3.24. The molecule has 0 aromatic carbocycles. The standard InChI is InChI=1S/C17H22N2O2/c1-13-14(9-12-21-13)17(20)19-11-5-3-4-7-16(19)15-8-6-10-18(15)2/h6,8-10,12,16H,3-5,7,11H2,1-2H3. The van der Waals surface area contributed by atoms with E-state index in [9.17, 15) is 4.79 Å². The van der Waals surface area contributed by atoms with Crippen molar-refractivity contribution in [3.8, 4) is 0 Å². The maximum absolute atomic E-state index is 12.9. The van der Waals surface area contributed by atoms with E-state index >= 15 is 0 Å².